The summed E-state index contributed by atoms with van der Waals surface area (Å²) in [6.07, 6.45) is 2.08. The van der Waals surface area contributed by atoms with Crippen molar-refractivity contribution in [2.45, 2.75) is 26.7 Å². The minimum atomic E-state index is 0.291. The average Bonchev–Trinajstić information content (AvgIpc) is 2.42. The molecule has 0 aromatic carbocycles. The number of carbonyl (C=O) groups is 1. The summed E-state index contributed by atoms with van der Waals surface area (Å²) in [5, 5.41) is 3.28. The van der Waals surface area contributed by atoms with Gasteiger partial charge in [-0.2, -0.15) is 0 Å². The number of nitrogens with zero attached hydrogens (tertiary/aromatic N) is 2. The molecule has 2 rings (SSSR count). The number of amides is 1. The largest absolute Gasteiger partial charge is 0.340 e. The standard InChI is InChI=1S/C11H21N3O.C2H6/c1-13-6-2-10(3-7-13)11(15)14-8-4-12-5-9-14;1-2/h10,12H,2-9H2,1H3;1-2H3. The van der Waals surface area contributed by atoms with Crippen LogP contribution in [0, 0.1) is 5.92 Å². The van der Waals surface area contributed by atoms with Gasteiger partial charge in [0.1, 0.15) is 0 Å². The fourth-order valence-corrected chi connectivity index (χ4v) is 2.40. The van der Waals surface area contributed by atoms with E-state index in [1.165, 1.54) is 0 Å². The average molecular weight is 241 g/mol. The molecule has 17 heavy (non-hydrogen) atoms. The molecule has 4 nitrogen and oxygen atoms in total. The first-order valence-electron chi connectivity index (χ1n) is 6.95. The van der Waals surface area contributed by atoms with Crippen molar-refractivity contribution in [2.75, 3.05) is 46.3 Å². The Kier molecular flexibility index (Phi) is 6.52. The molecule has 4 heteroatoms. The lowest BCUT2D eigenvalue weighted by Gasteiger charge is -2.34. The van der Waals surface area contributed by atoms with Crippen molar-refractivity contribution in [2.24, 2.45) is 5.92 Å². The van der Waals surface area contributed by atoms with Crippen molar-refractivity contribution in [3.05, 3.63) is 0 Å². The second-order valence-electron chi connectivity index (χ2n) is 4.65. The number of hydrogen-bond acceptors (Lipinski definition) is 3. The maximum atomic E-state index is 12.1. The molecule has 0 saturated carbocycles. The molecule has 0 aliphatic carbocycles. The lowest BCUT2D eigenvalue weighted by molar-refractivity contribution is -0.137. The van der Waals surface area contributed by atoms with E-state index in [9.17, 15) is 4.79 Å². The summed E-state index contributed by atoms with van der Waals surface area (Å²) in [6.45, 7) is 9.85. The minimum Gasteiger partial charge on any atom is -0.340 e. The van der Waals surface area contributed by atoms with Crippen molar-refractivity contribution in [3.63, 3.8) is 0 Å². The van der Waals surface area contributed by atoms with Crippen LogP contribution in [0.25, 0.3) is 0 Å². The van der Waals surface area contributed by atoms with Crippen LogP contribution in [0.3, 0.4) is 0 Å². The minimum absolute atomic E-state index is 0.291. The number of likely N-dealkylation sites (tertiary alicyclic amines) is 1. The van der Waals surface area contributed by atoms with Gasteiger partial charge in [-0.15, -0.1) is 0 Å². The van der Waals surface area contributed by atoms with Crippen LogP contribution >= 0.6 is 0 Å². The van der Waals surface area contributed by atoms with Gasteiger partial charge in [-0.25, -0.2) is 0 Å². The maximum Gasteiger partial charge on any atom is 0.225 e. The lowest BCUT2D eigenvalue weighted by atomic mass is 9.95. The second kappa shape index (κ2) is 7.67. The molecule has 2 aliphatic heterocycles. The van der Waals surface area contributed by atoms with Crippen LogP contribution in [-0.4, -0.2) is 62.0 Å². The predicted molar refractivity (Wildman–Crippen MR) is 71.0 cm³/mol. The molecule has 1 amide bonds. The van der Waals surface area contributed by atoms with Crippen LogP contribution in [0.15, 0.2) is 0 Å². The summed E-state index contributed by atoms with van der Waals surface area (Å²) in [5.74, 6) is 0.684. The van der Waals surface area contributed by atoms with Crippen LogP contribution in [0.4, 0.5) is 0 Å². The van der Waals surface area contributed by atoms with E-state index in [4.69, 9.17) is 0 Å². The Hall–Kier alpha value is -0.610. The fourth-order valence-electron chi connectivity index (χ4n) is 2.40. The molecule has 2 heterocycles. The smallest absolute Gasteiger partial charge is 0.225 e. The van der Waals surface area contributed by atoms with Gasteiger partial charge in [0.15, 0.2) is 0 Å². The van der Waals surface area contributed by atoms with E-state index in [-0.39, 0.29) is 0 Å². The zero-order chi connectivity index (χ0) is 12.7. The predicted octanol–water partition coefficient (Wildman–Crippen LogP) is 0.786. The van der Waals surface area contributed by atoms with Crippen LogP contribution in [0.1, 0.15) is 26.7 Å². The monoisotopic (exact) mass is 241 g/mol. The van der Waals surface area contributed by atoms with Gasteiger partial charge in [0.2, 0.25) is 5.91 Å². The van der Waals surface area contributed by atoms with Gasteiger partial charge in [0, 0.05) is 32.1 Å². The number of hydrogen-bond donors (Lipinski definition) is 1. The topological polar surface area (TPSA) is 35.6 Å². The first kappa shape index (κ1) is 14.5. The van der Waals surface area contributed by atoms with Gasteiger partial charge in [-0.3, -0.25) is 4.79 Å². The quantitative estimate of drug-likeness (QED) is 0.737. The Morgan fingerprint density at radius 2 is 1.59 bits per heavy atom. The van der Waals surface area contributed by atoms with E-state index in [1.54, 1.807) is 0 Å². The summed E-state index contributed by atoms with van der Waals surface area (Å²) >= 11 is 0. The Labute approximate surface area is 105 Å². The van der Waals surface area contributed by atoms with Crippen molar-refractivity contribution < 1.29 is 4.79 Å². The number of piperidine rings is 1. The molecule has 2 aliphatic rings. The Morgan fingerprint density at radius 3 is 2.12 bits per heavy atom. The summed E-state index contributed by atoms with van der Waals surface area (Å²) in [6, 6.07) is 0. The number of carbonyl (C=O) groups excluding carboxylic acids is 1. The lowest BCUT2D eigenvalue weighted by Crippen LogP contribution is -2.49. The van der Waals surface area contributed by atoms with Crippen molar-refractivity contribution in [1.82, 2.24) is 15.1 Å². The molecule has 2 saturated heterocycles. The van der Waals surface area contributed by atoms with Gasteiger partial charge in [-0.05, 0) is 33.0 Å². The highest BCUT2D eigenvalue weighted by molar-refractivity contribution is 5.79. The highest BCUT2D eigenvalue weighted by Gasteiger charge is 2.27. The third-order valence-electron chi connectivity index (χ3n) is 3.50. The highest BCUT2D eigenvalue weighted by Crippen LogP contribution is 2.18. The van der Waals surface area contributed by atoms with E-state index in [2.05, 4.69) is 17.3 Å². The number of nitrogens with one attached hydrogen (secondary N) is 1. The third-order valence-corrected chi connectivity index (χ3v) is 3.50. The molecule has 0 unspecified atom stereocenters. The fraction of sp³-hybridized carbons (Fsp3) is 0.923. The van der Waals surface area contributed by atoms with Crippen LogP contribution in [0.2, 0.25) is 0 Å². The van der Waals surface area contributed by atoms with Gasteiger partial charge in [-0.1, -0.05) is 13.8 Å². The van der Waals surface area contributed by atoms with E-state index < -0.39 is 0 Å². The summed E-state index contributed by atoms with van der Waals surface area (Å²) in [7, 11) is 2.13. The van der Waals surface area contributed by atoms with Crippen molar-refractivity contribution >= 4 is 5.91 Å². The molecule has 100 valence electrons. The normalized spacial score (nSPS) is 22.9. The maximum absolute atomic E-state index is 12.1. The Morgan fingerprint density at radius 1 is 1.06 bits per heavy atom. The van der Waals surface area contributed by atoms with Gasteiger partial charge in [0.05, 0.1) is 0 Å². The molecule has 0 spiro atoms. The van der Waals surface area contributed by atoms with Crippen LogP contribution < -0.4 is 5.32 Å². The molecule has 0 atom stereocenters. The van der Waals surface area contributed by atoms with Crippen molar-refractivity contribution in [1.29, 1.82) is 0 Å². The zero-order valence-corrected chi connectivity index (χ0v) is 11.5. The van der Waals surface area contributed by atoms with E-state index in [0.29, 0.717) is 11.8 Å². The molecule has 0 bridgehead atoms. The van der Waals surface area contributed by atoms with Crippen LogP contribution in [-0.2, 0) is 4.79 Å². The van der Waals surface area contributed by atoms with Crippen LogP contribution in [0.5, 0.6) is 0 Å². The number of rotatable bonds is 1. The summed E-state index contributed by atoms with van der Waals surface area (Å²) < 4.78 is 0. The SMILES string of the molecule is CC.CN1CCC(C(=O)N2CCNCC2)CC1. The highest BCUT2D eigenvalue weighted by atomic mass is 16.2. The molecule has 1 N–H and O–H groups in total. The summed E-state index contributed by atoms with van der Waals surface area (Å²) in [4.78, 5) is 16.5. The molecule has 0 aromatic rings. The third kappa shape index (κ3) is 4.28. The molecular weight excluding hydrogens is 214 g/mol. The van der Waals surface area contributed by atoms with E-state index >= 15 is 0 Å². The van der Waals surface area contributed by atoms with Gasteiger partial charge >= 0.3 is 0 Å². The number of piperazine rings is 1. The summed E-state index contributed by atoms with van der Waals surface area (Å²) in [5.41, 5.74) is 0. The Bertz CT molecular complexity index is 219. The second-order valence-corrected chi connectivity index (χ2v) is 4.65. The molecular formula is C13H27N3O. The molecule has 0 radical (unpaired) electrons. The van der Waals surface area contributed by atoms with E-state index in [1.807, 2.05) is 18.7 Å². The Balaban J connectivity index is 0.000000686. The first-order valence-corrected chi connectivity index (χ1v) is 6.95. The van der Waals surface area contributed by atoms with Gasteiger partial charge < -0.3 is 15.1 Å². The van der Waals surface area contributed by atoms with Crippen molar-refractivity contribution in [3.8, 4) is 0 Å². The zero-order valence-electron chi connectivity index (χ0n) is 11.5. The van der Waals surface area contributed by atoms with Gasteiger partial charge in [0.25, 0.3) is 0 Å². The molecule has 2 fully saturated rings. The molecule has 0 aromatic heterocycles. The van der Waals surface area contributed by atoms with E-state index in [0.717, 1.165) is 52.1 Å². The first-order chi connectivity index (χ1) is 8.27.